The Labute approximate surface area is 125 Å². The molecular formula is C18H23NO2. The van der Waals surface area contributed by atoms with Crippen molar-refractivity contribution in [3.05, 3.63) is 42.5 Å². The summed E-state index contributed by atoms with van der Waals surface area (Å²) in [6, 6.07) is 14.8. The van der Waals surface area contributed by atoms with Crippen molar-refractivity contribution in [3.63, 3.8) is 0 Å². The second-order valence-electron chi connectivity index (χ2n) is 5.86. The van der Waals surface area contributed by atoms with Gasteiger partial charge in [0, 0.05) is 12.6 Å². The molecule has 0 bridgehead atoms. The number of ether oxygens (including phenoxy) is 1. The normalized spacial score (nSPS) is 17.2. The first-order chi connectivity index (χ1) is 10.3. The van der Waals surface area contributed by atoms with Crippen LogP contribution >= 0.6 is 0 Å². The number of aliphatic hydroxyl groups is 1. The third-order valence-electron chi connectivity index (χ3n) is 4.16. The van der Waals surface area contributed by atoms with E-state index in [1.54, 1.807) is 0 Å². The van der Waals surface area contributed by atoms with Crippen LogP contribution in [0.1, 0.15) is 25.7 Å². The molecule has 1 aliphatic carbocycles. The van der Waals surface area contributed by atoms with E-state index in [4.69, 9.17) is 4.74 Å². The minimum absolute atomic E-state index is 0.331. The maximum atomic E-state index is 10.00. The molecule has 2 N–H and O–H groups in total. The molecule has 0 spiro atoms. The standard InChI is InChI=1S/C18H23NO2/c20-17(12-19-16-7-3-4-8-16)13-21-18-10-9-14-5-1-2-6-15(14)11-18/h1-2,5-6,9-11,16-17,19-20H,3-4,7-8,12-13H2. The lowest BCUT2D eigenvalue weighted by atomic mass is 10.1. The molecule has 112 valence electrons. The molecule has 0 saturated heterocycles. The highest BCUT2D eigenvalue weighted by atomic mass is 16.5. The highest BCUT2D eigenvalue weighted by Gasteiger charge is 2.15. The van der Waals surface area contributed by atoms with Crippen LogP contribution < -0.4 is 10.1 Å². The molecule has 1 saturated carbocycles. The zero-order valence-corrected chi connectivity index (χ0v) is 12.3. The molecule has 2 aromatic carbocycles. The molecule has 0 radical (unpaired) electrons. The van der Waals surface area contributed by atoms with E-state index in [2.05, 4.69) is 17.4 Å². The molecule has 3 nitrogen and oxygen atoms in total. The minimum Gasteiger partial charge on any atom is -0.491 e. The van der Waals surface area contributed by atoms with Crippen molar-refractivity contribution >= 4 is 10.8 Å². The van der Waals surface area contributed by atoms with Crippen LogP contribution in [0.15, 0.2) is 42.5 Å². The van der Waals surface area contributed by atoms with Gasteiger partial charge in [-0.05, 0) is 35.7 Å². The van der Waals surface area contributed by atoms with Gasteiger partial charge in [-0.15, -0.1) is 0 Å². The predicted octanol–water partition coefficient (Wildman–Crippen LogP) is 3.11. The number of fused-ring (bicyclic) bond motifs is 1. The number of aliphatic hydroxyl groups excluding tert-OH is 1. The third-order valence-corrected chi connectivity index (χ3v) is 4.16. The Morgan fingerprint density at radius 2 is 1.86 bits per heavy atom. The van der Waals surface area contributed by atoms with Gasteiger partial charge in [0.05, 0.1) is 0 Å². The summed E-state index contributed by atoms with van der Waals surface area (Å²) in [5, 5.41) is 15.8. The van der Waals surface area contributed by atoms with Crippen molar-refractivity contribution in [2.75, 3.05) is 13.2 Å². The first kappa shape index (κ1) is 14.4. The van der Waals surface area contributed by atoms with Gasteiger partial charge < -0.3 is 15.2 Å². The van der Waals surface area contributed by atoms with E-state index in [1.165, 1.54) is 31.1 Å². The molecule has 0 aromatic heterocycles. The van der Waals surface area contributed by atoms with Crippen LogP contribution in [0.2, 0.25) is 0 Å². The molecule has 21 heavy (non-hydrogen) atoms. The Bertz CT molecular complexity index is 578. The summed E-state index contributed by atoms with van der Waals surface area (Å²) in [5.74, 6) is 0.814. The van der Waals surface area contributed by atoms with E-state index in [1.807, 2.05) is 30.3 Å². The number of nitrogens with one attached hydrogen (secondary N) is 1. The fourth-order valence-electron chi connectivity index (χ4n) is 2.94. The Morgan fingerprint density at radius 3 is 2.67 bits per heavy atom. The lowest BCUT2D eigenvalue weighted by Gasteiger charge is -2.16. The molecule has 3 heteroatoms. The fraction of sp³-hybridized carbons (Fsp3) is 0.444. The van der Waals surface area contributed by atoms with Crippen molar-refractivity contribution in [1.82, 2.24) is 5.32 Å². The molecule has 0 heterocycles. The molecule has 1 fully saturated rings. The van der Waals surface area contributed by atoms with Gasteiger partial charge in [0.1, 0.15) is 18.5 Å². The van der Waals surface area contributed by atoms with Gasteiger partial charge in [-0.25, -0.2) is 0 Å². The molecule has 0 amide bonds. The van der Waals surface area contributed by atoms with Crippen LogP contribution in [0, 0.1) is 0 Å². The van der Waals surface area contributed by atoms with Crippen LogP contribution in [0.5, 0.6) is 5.75 Å². The number of hydrogen-bond acceptors (Lipinski definition) is 3. The summed E-state index contributed by atoms with van der Waals surface area (Å²) < 4.78 is 5.70. The van der Waals surface area contributed by atoms with Crippen molar-refractivity contribution in [2.45, 2.75) is 37.8 Å². The van der Waals surface area contributed by atoms with E-state index >= 15 is 0 Å². The molecule has 0 aliphatic heterocycles. The smallest absolute Gasteiger partial charge is 0.120 e. The molecule has 1 aliphatic rings. The molecule has 1 atom stereocenters. The summed E-state index contributed by atoms with van der Waals surface area (Å²) in [6.07, 6.45) is 4.62. The lowest BCUT2D eigenvalue weighted by molar-refractivity contribution is 0.104. The van der Waals surface area contributed by atoms with E-state index in [0.717, 1.165) is 11.1 Å². The summed E-state index contributed by atoms with van der Waals surface area (Å²) in [5.41, 5.74) is 0. The predicted molar refractivity (Wildman–Crippen MR) is 85.7 cm³/mol. The summed E-state index contributed by atoms with van der Waals surface area (Å²) in [7, 11) is 0. The van der Waals surface area contributed by atoms with Crippen LogP contribution in [0.25, 0.3) is 10.8 Å². The second-order valence-corrected chi connectivity index (χ2v) is 5.86. The average Bonchev–Trinajstić information content (AvgIpc) is 3.04. The van der Waals surface area contributed by atoms with Gasteiger partial charge in [0.25, 0.3) is 0 Å². The monoisotopic (exact) mass is 285 g/mol. The number of benzene rings is 2. The minimum atomic E-state index is -0.461. The third kappa shape index (κ3) is 3.96. The topological polar surface area (TPSA) is 41.5 Å². The van der Waals surface area contributed by atoms with E-state index in [0.29, 0.717) is 19.2 Å². The zero-order valence-electron chi connectivity index (χ0n) is 12.3. The maximum absolute atomic E-state index is 10.00. The SMILES string of the molecule is OC(CNC1CCCC1)COc1ccc2ccccc2c1. The van der Waals surface area contributed by atoms with E-state index in [-0.39, 0.29) is 0 Å². The van der Waals surface area contributed by atoms with Gasteiger partial charge >= 0.3 is 0 Å². The number of hydrogen-bond donors (Lipinski definition) is 2. The van der Waals surface area contributed by atoms with Crippen molar-refractivity contribution < 1.29 is 9.84 Å². The highest BCUT2D eigenvalue weighted by molar-refractivity contribution is 5.83. The first-order valence-electron chi connectivity index (χ1n) is 7.84. The summed E-state index contributed by atoms with van der Waals surface area (Å²) >= 11 is 0. The van der Waals surface area contributed by atoms with Crippen LogP contribution in [0.3, 0.4) is 0 Å². The number of rotatable bonds is 6. The Kier molecular flexibility index (Phi) is 4.73. The summed E-state index contributed by atoms with van der Waals surface area (Å²) in [6.45, 7) is 0.941. The van der Waals surface area contributed by atoms with E-state index < -0.39 is 6.10 Å². The van der Waals surface area contributed by atoms with Gasteiger partial charge in [-0.3, -0.25) is 0 Å². The first-order valence-corrected chi connectivity index (χ1v) is 7.84. The van der Waals surface area contributed by atoms with Gasteiger partial charge in [-0.2, -0.15) is 0 Å². The zero-order chi connectivity index (χ0) is 14.5. The molecule has 2 aromatic rings. The maximum Gasteiger partial charge on any atom is 0.120 e. The van der Waals surface area contributed by atoms with E-state index in [9.17, 15) is 5.11 Å². The quantitative estimate of drug-likeness (QED) is 0.857. The van der Waals surface area contributed by atoms with Gasteiger partial charge in [0.15, 0.2) is 0 Å². The highest BCUT2D eigenvalue weighted by Crippen LogP contribution is 2.21. The Hall–Kier alpha value is -1.58. The van der Waals surface area contributed by atoms with Gasteiger partial charge in [0.2, 0.25) is 0 Å². The molecule has 1 unspecified atom stereocenters. The van der Waals surface area contributed by atoms with Crippen LogP contribution in [-0.4, -0.2) is 30.4 Å². The van der Waals surface area contributed by atoms with Gasteiger partial charge in [-0.1, -0.05) is 43.2 Å². The Balaban J connectivity index is 1.48. The van der Waals surface area contributed by atoms with Crippen LogP contribution in [0.4, 0.5) is 0 Å². The summed E-state index contributed by atoms with van der Waals surface area (Å²) in [4.78, 5) is 0. The largest absolute Gasteiger partial charge is 0.491 e. The van der Waals surface area contributed by atoms with Crippen molar-refractivity contribution in [1.29, 1.82) is 0 Å². The van der Waals surface area contributed by atoms with Crippen molar-refractivity contribution in [3.8, 4) is 5.75 Å². The van der Waals surface area contributed by atoms with Crippen LogP contribution in [-0.2, 0) is 0 Å². The lowest BCUT2D eigenvalue weighted by Crippen LogP contribution is -2.36. The molecule has 3 rings (SSSR count). The average molecular weight is 285 g/mol. The second kappa shape index (κ2) is 6.92. The fourth-order valence-corrected chi connectivity index (χ4v) is 2.94. The molecular weight excluding hydrogens is 262 g/mol. The van der Waals surface area contributed by atoms with Crippen molar-refractivity contribution in [2.24, 2.45) is 0 Å². The Morgan fingerprint density at radius 1 is 1.10 bits per heavy atom.